The fraction of sp³-hybridized carbons (Fsp3) is 0.833. The van der Waals surface area contributed by atoms with Crippen LogP contribution in [0.1, 0.15) is 19.8 Å². The van der Waals surface area contributed by atoms with Crippen LogP contribution in [0.4, 0.5) is 0 Å². The number of esters is 1. The molecule has 0 radical (unpaired) electrons. The number of nitrogens with two attached hydrogens (primary N) is 1. The molecule has 0 aromatic rings. The van der Waals surface area contributed by atoms with Crippen LogP contribution in [0.3, 0.4) is 0 Å². The number of carbonyl (C=O) groups is 1. The number of hydrogen-bond donors (Lipinski definition) is 1. The molecule has 0 bridgehead atoms. The van der Waals surface area contributed by atoms with Crippen LogP contribution in [0.15, 0.2) is 0 Å². The Morgan fingerprint density at radius 2 is 2.40 bits per heavy atom. The summed E-state index contributed by atoms with van der Waals surface area (Å²) in [6, 6.07) is -0.366. The molecule has 60 valence electrons. The zero-order valence-electron chi connectivity index (χ0n) is 5.87. The third kappa shape index (κ3) is 1.85. The van der Waals surface area contributed by atoms with E-state index >= 15 is 0 Å². The molecule has 0 aromatic heterocycles. The first-order chi connectivity index (χ1) is 4.24. The van der Waals surface area contributed by atoms with Crippen LogP contribution < -0.4 is 5.73 Å². The second-order valence-corrected chi connectivity index (χ2v) is 2.31. The molecule has 0 amide bonds. The maximum atomic E-state index is 10.6. The lowest BCUT2D eigenvalue weighted by Gasteiger charge is -2.01. The van der Waals surface area contributed by atoms with E-state index in [-0.39, 0.29) is 30.5 Å². The smallest absolute Gasteiger partial charge is 0.323 e. The van der Waals surface area contributed by atoms with Gasteiger partial charge in [-0.2, -0.15) is 0 Å². The molecule has 2 atom stereocenters. The summed E-state index contributed by atoms with van der Waals surface area (Å²) < 4.78 is 4.86. The highest BCUT2D eigenvalue weighted by Crippen LogP contribution is 2.14. The summed E-state index contributed by atoms with van der Waals surface area (Å²) in [6.45, 7) is 1.98. The maximum Gasteiger partial charge on any atom is 0.323 e. The minimum Gasteiger partial charge on any atom is -0.461 e. The molecule has 1 aliphatic heterocycles. The first-order valence-corrected chi connectivity index (χ1v) is 3.20. The van der Waals surface area contributed by atoms with E-state index in [0.717, 1.165) is 6.42 Å². The molecule has 1 fully saturated rings. The number of rotatable bonds is 1. The van der Waals surface area contributed by atoms with Crippen molar-refractivity contribution in [3.05, 3.63) is 0 Å². The van der Waals surface area contributed by atoms with Crippen molar-refractivity contribution in [1.82, 2.24) is 0 Å². The fourth-order valence-corrected chi connectivity index (χ4v) is 0.929. The number of carbonyl (C=O) groups excluding carboxylic acids is 1. The van der Waals surface area contributed by atoms with Gasteiger partial charge in [0.1, 0.15) is 12.1 Å². The fourth-order valence-electron chi connectivity index (χ4n) is 0.929. The zero-order valence-corrected chi connectivity index (χ0v) is 6.69. The molecule has 0 aliphatic carbocycles. The van der Waals surface area contributed by atoms with E-state index in [0.29, 0.717) is 6.42 Å². The van der Waals surface area contributed by atoms with Gasteiger partial charge in [-0.05, 0) is 6.42 Å². The molecule has 1 rings (SSSR count). The molecule has 3 nitrogen and oxygen atoms in total. The Morgan fingerprint density at radius 3 is 2.60 bits per heavy atom. The number of cyclic esters (lactones) is 1. The monoisotopic (exact) mass is 165 g/mol. The van der Waals surface area contributed by atoms with Crippen LogP contribution in [0.2, 0.25) is 0 Å². The Morgan fingerprint density at radius 1 is 1.80 bits per heavy atom. The Balaban J connectivity index is 0.000000810. The first kappa shape index (κ1) is 9.72. The second kappa shape index (κ2) is 3.78. The molecule has 1 heterocycles. The van der Waals surface area contributed by atoms with E-state index in [9.17, 15) is 4.79 Å². The summed E-state index contributed by atoms with van der Waals surface area (Å²) in [5.74, 6) is -0.248. The lowest BCUT2D eigenvalue weighted by molar-refractivity contribution is -0.142. The van der Waals surface area contributed by atoms with Crippen LogP contribution >= 0.6 is 12.4 Å². The van der Waals surface area contributed by atoms with Gasteiger partial charge in [0.05, 0.1) is 0 Å². The topological polar surface area (TPSA) is 52.3 Å². The van der Waals surface area contributed by atoms with Gasteiger partial charge < -0.3 is 10.5 Å². The summed E-state index contributed by atoms with van der Waals surface area (Å²) in [5.41, 5.74) is 5.37. The van der Waals surface area contributed by atoms with Crippen LogP contribution in [0, 0.1) is 0 Å². The van der Waals surface area contributed by atoms with Crippen LogP contribution in [-0.4, -0.2) is 18.1 Å². The summed E-state index contributed by atoms with van der Waals surface area (Å²) in [6.07, 6.45) is 1.64. The summed E-state index contributed by atoms with van der Waals surface area (Å²) in [5, 5.41) is 0. The highest BCUT2D eigenvalue weighted by molar-refractivity contribution is 5.85. The molecule has 4 heteroatoms. The Bertz CT molecular complexity index is 129. The maximum absolute atomic E-state index is 10.6. The van der Waals surface area contributed by atoms with Crippen LogP contribution in [0.25, 0.3) is 0 Å². The Hall–Kier alpha value is -0.280. The molecular weight excluding hydrogens is 154 g/mol. The summed E-state index contributed by atoms with van der Waals surface area (Å²) >= 11 is 0. The minimum absolute atomic E-state index is 0. The molecule has 2 N–H and O–H groups in total. The van der Waals surface area contributed by atoms with Gasteiger partial charge in [-0.1, -0.05) is 6.92 Å². The average Bonchev–Trinajstić information content (AvgIpc) is 2.13. The predicted octanol–water partition coefficient (Wildman–Crippen LogP) is 0.461. The van der Waals surface area contributed by atoms with Crippen molar-refractivity contribution in [3.8, 4) is 0 Å². The van der Waals surface area contributed by atoms with Gasteiger partial charge in [-0.15, -0.1) is 12.4 Å². The third-order valence-electron chi connectivity index (χ3n) is 1.56. The minimum atomic E-state index is -0.366. The standard InChI is InChI=1S/C6H11NO2.ClH/c1-2-4-3-5(7)6(8)9-4;/h4-5H,2-3,7H2,1H3;1H/t4-,5+;/m0./s1. The molecule has 10 heavy (non-hydrogen) atoms. The van der Waals surface area contributed by atoms with Crippen LogP contribution in [-0.2, 0) is 9.53 Å². The summed E-state index contributed by atoms with van der Waals surface area (Å²) in [4.78, 5) is 10.6. The van der Waals surface area contributed by atoms with Crippen LogP contribution in [0.5, 0.6) is 0 Å². The van der Waals surface area contributed by atoms with E-state index in [2.05, 4.69) is 0 Å². The number of halogens is 1. The molecule has 0 aromatic carbocycles. The number of ether oxygens (including phenoxy) is 1. The zero-order chi connectivity index (χ0) is 6.85. The van der Waals surface area contributed by atoms with Crippen molar-refractivity contribution in [1.29, 1.82) is 0 Å². The highest BCUT2D eigenvalue weighted by atomic mass is 35.5. The van der Waals surface area contributed by atoms with Crippen molar-refractivity contribution in [2.45, 2.75) is 31.9 Å². The van der Waals surface area contributed by atoms with E-state index in [4.69, 9.17) is 10.5 Å². The van der Waals surface area contributed by atoms with E-state index in [1.165, 1.54) is 0 Å². The SMILES string of the molecule is CC[C@H]1C[C@@H](N)C(=O)O1.Cl. The lowest BCUT2D eigenvalue weighted by atomic mass is 10.1. The van der Waals surface area contributed by atoms with Gasteiger partial charge in [-0.3, -0.25) is 4.79 Å². The van der Waals surface area contributed by atoms with Gasteiger partial charge in [0.15, 0.2) is 0 Å². The normalized spacial score (nSPS) is 31.2. The predicted molar refractivity (Wildman–Crippen MR) is 40.0 cm³/mol. The third-order valence-corrected chi connectivity index (χ3v) is 1.56. The quantitative estimate of drug-likeness (QED) is 0.575. The van der Waals surface area contributed by atoms with E-state index < -0.39 is 0 Å². The summed E-state index contributed by atoms with van der Waals surface area (Å²) in [7, 11) is 0. The lowest BCUT2D eigenvalue weighted by Crippen LogP contribution is -2.24. The van der Waals surface area contributed by atoms with Crippen molar-refractivity contribution in [3.63, 3.8) is 0 Å². The Kier molecular flexibility index (Phi) is 3.68. The van der Waals surface area contributed by atoms with Gasteiger partial charge in [0, 0.05) is 6.42 Å². The van der Waals surface area contributed by atoms with Gasteiger partial charge in [-0.25, -0.2) is 0 Å². The van der Waals surface area contributed by atoms with Crippen molar-refractivity contribution in [2.24, 2.45) is 5.73 Å². The van der Waals surface area contributed by atoms with Crippen molar-refractivity contribution < 1.29 is 9.53 Å². The van der Waals surface area contributed by atoms with Gasteiger partial charge >= 0.3 is 5.97 Å². The second-order valence-electron chi connectivity index (χ2n) is 2.31. The molecule has 0 saturated carbocycles. The molecular formula is C6H12ClNO2. The highest BCUT2D eigenvalue weighted by Gasteiger charge is 2.29. The largest absolute Gasteiger partial charge is 0.461 e. The molecule has 0 unspecified atom stereocenters. The van der Waals surface area contributed by atoms with Gasteiger partial charge in [0.25, 0.3) is 0 Å². The average molecular weight is 166 g/mol. The van der Waals surface area contributed by atoms with Crippen molar-refractivity contribution in [2.75, 3.05) is 0 Å². The molecule has 1 saturated heterocycles. The number of hydrogen-bond acceptors (Lipinski definition) is 3. The first-order valence-electron chi connectivity index (χ1n) is 3.20. The van der Waals surface area contributed by atoms with E-state index in [1.807, 2.05) is 6.92 Å². The van der Waals surface area contributed by atoms with E-state index in [1.54, 1.807) is 0 Å². The van der Waals surface area contributed by atoms with Gasteiger partial charge in [0.2, 0.25) is 0 Å². The molecule has 1 aliphatic rings. The van der Waals surface area contributed by atoms with Crippen molar-refractivity contribution >= 4 is 18.4 Å². The molecule has 0 spiro atoms. The Labute approximate surface area is 66.3 Å².